The molecule has 0 aromatic heterocycles. The predicted octanol–water partition coefficient (Wildman–Crippen LogP) is 1.79. The number of aliphatic hydroxyl groups excluding tert-OH is 1. The van der Waals surface area contributed by atoms with Gasteiger partial charge in [0.15, 0.2) is 5.78 Å². The van der Waals surface area contributed by atoms with Gasteiger partial charge >= 0.3 is 11.9 Å². The molecule has 2 saturated heterocycles. The van der Waals surface area contributed by atoms with Gasteiger partial charge in [0, 0.05) is 18.3 Å². The molecule has 5 aliphatic rings. The van der Waals surface area contributed by atoms with Gasteiger partial charge in [0.2, 0.25) is 6.29 Å². The van der Waals surface area contributed by atoms with Crippen molar-refractivity contribution in [2.24, 2.45) is 22.7 Å². The van der Waals surface area contributed by atoms with Gasteiger partial charge in [-0.05, 0) is 63.3 Å². The van der Waals surface area contributed by atoms with E-state index in [2.05, 4.69) is 0 Å². The number of aliphatic hydroxyl groups is 1. The summed E-state index contributed by atoms with van der Waals surface area (Å²) < 4.78 is 16.8. The fourth-order valence-electron chi connectivity index (χ4n) is 6.74. The van der Waals surface area contributed by atoms with E-state index in [1.807, 2.05) is 0 Å². The second-order valence-electron chi connectivity index (χ2n) is 10.6. The standard InChI is InChI=1S/C24H28O8/c1-10-19(28)17-18-20(30-10)31-21(29)23(18,4)8-14-12(9-25)11-6-16(27)32-22(2,3)13(11)7-15(26)24(14,17)5/h10,17-18,20,25H,6-9H2,1-5H3/t10-,17+,18-,20-,23-,24-/m1/s1. The first kappa shape index (κ1) is 21.5. The molecule has 0 radical (unpaired) electrons. The van der Waals surface area contributed by atoms with Crippen molar-refractivity contribution in [3.63, 3.8) is 0 Å². The zero-order chi connectivity index (χ0) is 23.4. The maximum atomic E-state index is 14.0. The maximum absolute atomic E-state index is 14.0. The smallest absolute Gasteiger partial charge is 0.314 e. The van der Waals surface area contributed by atoms with E-state index in [0.29, 0.717) is 22.3 Å². The van der Waals surface area contributed by atoms with E-state index in [4.69, 9.17) is 14.2 Å². The Hall–Kier alpha value is -2.32. The van der Waals surface area contributed by atoms with Crippen LogP contribution in [0.3, 0.4) is 0 Å². The lowest BCUT2D eigenvalue weighted by Crippen LogP contribution is -2.61. The van der Waals surface area contributed by atoms with E-state index in [-0.39, 0.29) is 30.8 Å². The molecule has 1 N–H and O–H groups in total. The van der Waals surface area contributed by atoms with Crippen LogP contribution in [0.2, 0.25) is 0 Å². The van der Waals surface area contributed by atoms with E-state index in [0.717, 1.165) is 0 Å². The van der Waals surface area contributed by atoms with Crippen LogP contribution in [0.1, 0.15) is 53.9 Å². The van der Waals surface area contributed by atoms with Gasteiger partial charge in [-0.25, -0.2) is 0 Å². The van der Waals surface area contributed by atoms with E-state index < -0.39 is 59.2 Å². The molecule has 3 heterocycles. The average molecular weight is 444 g/mol. The Kier molecular flexibility index (Phi) is 4.29. The van der Waals surface area contributed by atoms with Gasteiger partial charge in [0.05, 0.1) is 23.9 Å². The van der Waals surface area contributed by atoms with Gasteiger partial charge in [0.25, 0.3) is 0 Å². The summed E-state index contributed by atoms with van der Waals surface area (Å²) in [6.07, 6.45) is -1.63. The molecule has 8 nitrogen and oxygen atoms in total. The molecular formula is C24H28O8. The number of ether oxygens (including phenoxy) is 3. The lowest BCUT2D eigenvalue weighted by atomic mass is 9.48. The average Bonchev–Trinajstić information content (AvgIpc) is 2.88. The molecule has 172 valence electrons. The summed E-state index contributed by atoms with van der Waals surface area (Å²) in [7, 11) is 0. The second-order valence-corrected chi connectivity index (χ2v) is 10.6. The summed E-state index contributed by atoms with van der Waals surface area (Å²) in [6, 6.07) is 0. The highest BCUT2D eigenvalue weighted by Crippen LogP contribution is 2.65. The molecule has 8 heteroatoms. The Morgan fingerprint density at radius 1 is 1.03 bits per heavy atom. The number of rotatable bonds is 1. The van der Waals surface area contributed by atoms with Crippen LogP contribution in [0.4, 0.5) is 0 Å². The van der Waals surface area contributed by atoms with Gasteiger partial charge < -0.3 is 19.3 Å². The minimum atomic E-state index is -1.25. The van der Waals surface area contributed by atoms with Gasteiger partial charge in [-0.3, -0.25) is 19.2 Å². The third kappa shape index (κ3) is 2.45. The molecule has 0 aromatic rings. The fourth-order valence-corrected chi connectivity index (χ4v) is 6.74. The Labute approximate surface area is 186 Å². The topological polar surface area (TPSA) is 116 Å². The third-order valence-electron chi connectivity index (χ3n) is 8.50. The van der Waals surface area contributed by atoms with Gasteiger partial charge in [-0.2, -0.15) is 0 Å². The summed E-state index contributed by atoms with van der Waals surface area (Å²) in [5.41, 5.74) is -1.06. The first-order chi connectivity index (χ1) is 14.9. The fraction of sp³-hybridized carbons (Fsp3) is 0.667. The number of allylic oxidation sites excluding steroid dienone is 1. The number of hydrogen-bond donors (Lipinski definition) is 1. The van der Waals surface area contributed by atoms with Gasteiger partial charge in [0.1, 0.15) is 17.5 Å². The minimum absolute atomic E-state index is 0.00103. The highest BCUT2D eigenvalue weighted by atomic mass is 16.7. The largest absolute Gasteiger partial charge is 0.455 e. The highest BCUT2D eigenvalue weighted by Gasteiger charge is 2.71. The molecule has 3 fully saturated rings. The molecule has 5 rings (SSSR count). The minimum Gasteiger partial charge on any atom is -0.455 e. The second kappa shape index (κ2) is 6.38. The van der Waals surface area contributed by atoms with E-state index in [1.54, 1.807) is 34.6 Å². The van der Waals surface area contributed by atoms with Crippen LogP contribution in [0.25, 0.3) is 0 Å². The number of Topliss-reactive ketones (excluding diaryl/α,β-unsaturated/α-hetero) is 2. The lowest BCUT2D eigenvalue weighted by Gasteiger charge is -2.53. The first-order valence-corrected chi connectivity index (χ1v) is 11.1. The van der Waals surface area contributed by atoms with Crippen LogP contribution in [-0.4, -0.2) is 53.2 Å². The number of hydrogen-bond acceptors (Lipinski definition) is 8. The van der Waals surface area contributed by atoms with Crippen molar-refractivity contribution in [1.29, 1.82) is 0 Å². The monoisotopic (exact) mass is 444 g/mol. The molecule has 1 saturated carbocycles. The van der Waals surface area contributed by atoms with Crippen LogP contribution in [0, 0.1) is 22.7 Å². The van der Waals surface area contributed by atoms with E-state index in [9.17, 15) is 24.3 Å². The Morgan fingerprint density at radius 3 is 2.38 bits per heavy atom. The van der Waals surface area contributed by atoms with Crippen molar-refractivity contribution in [2.75, 3.05) is 6.61 Å². The van der Waals surface area contributed by atoms with Gasteiger partial charge in [-0.15, -0.1) is 0 Å². The molecule has 0 bridgehead atoms. The SMILES string of the molecule is C[C@H]1O[C@@H]2OC(=O)[C@]3(C)CC4=C(CO)C5=C(CC(=O)[C@]4(C)[C@H](C1=O)[C@H]23)C(C)(C)OC(=O)C5. The highest BCUT2D eigenvalue weighted by molar-refractivity contribution is 6.01. The quantitative estimate of drug-likeness (QED) is 0.609. The molecule has 0 spiro atoms. The van der Waals surface area contributed by atoms with Crippen molar-refractivity contribution in [1.82, 2.24) is 0 Å². The van der Waals surface area contributed by atoms with Crippen LogP contribution in [0.5, 0.6) is 0 Å². The van der Waals surface area contributed by atoms with Crippen molar-refractivity contribution >= 4 is 23.5 Å². The molecule has 2 aliphatic carbocycles. The normalized spacial score (nSPS) is 42.7. The predicted molar refractivity (Wildman–Crippen MR) is 109 cm³/mol. The summed E-state index contributed by atoms with van der Waals surface area (Å²) in [4.78, 5) is 52.9. The van der Waals surface area contributed by atoms with Crippen molar-refractivity contribution in [3.8, 4) is 0 Å². The van der Waals surface area contributed by atoms with Crippen LogP contribution >= 0.6 is 0 Å². The van der Waals surface area contributed by atoms with Gasteiger partial charge in [-0.1, -0.05) is 0 Å². The Morgan fingerprint density at radius 2 is 1.72 bits per heavy atom. The van der Waals surface area contributed by atoms with Crippen LogP contribution in [0.15, 0.2) is 22.3 Å². The van der Waals surface area contributed by atoms with Crippen molar-refractivity contribution in [2.45, 2.75) is 71.9 Å². The zero-order valence-electron chi connectivity index (χ0n) is 18.9. The lowest BCUT2D eigenvalue weighted by molar-refractivity contribution is -0.211. The number of ketones is 2. The number of carbonyl (C=O) groups excluding carboxylic acids is 4. The van der Waals surface area contributed by atoms with Crippen LogP contribution in [-0.2, 0) is 33.4 Å². The molecule has 32 heavy (non-hydrogen) atoms. The molecule has 0 amide bonds. The maximum Gasteiger partial charge on any atom is 0.314 e. The van der Waals surface area contributed by atoms with E-state index in [1.165, 1.54) is 0 Å². The summed E-state index contributed by atoms with van der Waals surface area (Å²) in [5, 5.41) is 10.5. The van der Waals surface area contributed by atoms with Crippen molar-refractivity contribution < 1.29 is 38.5 Å². The third-order valence-corrected chi connectivity index (χ3v) is 8.50. The summed E-state index contributed by atoms with van der Waals surface area (Å²) in [5.74, 6) is -2.76. The Bertz CT molecular complexity index is 1050. The first-order valence-electron chi connectivity index (χ1n) is 11.1. The molecule has 3 aliphatic heterocycles. The Balaban J connectivity index is 1.81. The summed E-state index contributed by atoms with van der Waals surface area (Å²) >= 11 is 0. The number of esters is 2. The zero-order valence-corrected chi connectivity index (χ0v) is 18.9. The van der Waals surface area contributed by atoms with E-state index >= 15 is 0 Å². The number of fused-ring (bicyclic) bond motifs is 2. The molecular weight excluding hydrogens is 416 g/mol. The van der Waals surface area contributed by atoms with Crippen molar-refractivity contribution in [3.05, 3.63) is 22.3 Å². The number of carbonyl (C=O) groups is 4. The molecule has 6 atom stereocenters. The van der Waals surface area contributed by atoms with Crippen LogP contribution < -0.4 is 0 Å². The molecule has 0 unspecified atom stereocenters. The molecule has 0 aromatic carbocycles. The number of cyclic esters (lactones) is 1. The summed E-state index contributed by atoms with van der Waals surface area (Å²) in [6.45, 7) is 8.14.